The maximum Gasteiger partial charge on any atom is 0.573 e. The number of aromatic nitrogens is 2. The average molecular weight is 832 g/mol. The van der Waals surface area contributed by atoms with Gasteiger partial charge in [-0.25, -0.2) is 4.98 Å². The van der Waals surface area contributed by atoms with Gasteiger partial charge in [0.15, 0.2) is 0 Å². The van der Waals surface area contributed by atoms with E-state index < -0.39 is 83.1 Å². The van der Waals surface area contributed by atoms with Crippen molar-refractivity contribution in [1.82, 2.24) is 36.1 Å². The fourth-order valence-electron chi connectivity index (χ4n) is 6.78. The summed E-state index contributed by atoms with van der Waals surface area (Å²) in [4.78, 5) is 91.6. The number of benzene rings is 1. The van der Waals surface area contributed by atoms with Gasteiger partial charge in [-0.05, 0) is 61.3 Å². The first-order valence-corrected chi connectivity index (χ1v) is 20.2. The van der Waals surface area contributed by atoms with E-state index in [1.54, 1.807) is 27.7 Å². The number of hydrogen-bond acceptors (Lipinski definition) is 10. The van der Waals surface area contributed by atoms with E-state index in [0.717, 1.165) is 44.2 Å². The minimum Gasteiger partial charge on any atom is -0.488 e. The second kappa shape index (κ2) is 20.6. The van der Waals surface area contributed by atoms with Gasteiger partial charge in [0, 0.05) is 24.9 Å². The smallest absolute Gasteiger partial charge is 0.488 e. The highest BCUT2D eigenvalue weighted by molar-refractivity contribution is 6.38. The standard InChI is InChI=1S/C41H56F3N7O8/c1-7-9-10-12-24(3)32(49-35(53)30-22-45-19-20-46-30)37(55)50-34(40(4,5)6)39(57)51-23-28(58-26-15-17-27(18-16-26)59-41(42,43)44)21-31(51)36(54)48-29(11-8-2)33(52)38(56)47-25-13-14-25/h15-20,22,24-25,28-29,31-32,34H,7-14,21,23H2,1-6H3,(H,47,56)(H,48,54)(H,49,53)(H,50,55)/t24?,28-,29+,31+,32+,34-/m1/s1. The van der Waals surface area contributed by atoms with E-state index in [0.29, 0.717) is 12.8 Å². The van der Waals surface area contributed by atoms with Crippen LogP contribution in [0.2, 0.25) is 0 Å². The van der Waals surface area contributed by atoms with Crippen LogP contribution in [0.15, 0.2) is 42.9 Å². The third-order valence-electron chi connectivity index (χ3n) is 10.2. The number of amides is 5. The molecular weight excluding hydrogens is 775 g/mol. The summed E-state index contributed by atoms with van der Waals surface area (Å²) >= 11 is 0. The van der Waals surface area contributed by atoms with Gasteiger partial charge in [-0.2, -0.15) is 0 Å². The van der Waals surface area contributed by atoms with Gasteiger partial charge in [0.05, 0.1) is 18.8 Å². The molecule has 59 heavy (non-hydrogen) atoms. The van der Waals surface area contributed by atoms with Crippen LogP contribution in [0.3, 0.4) is 0 Å². The fourth-order valence-corrected chi connectivity index (χ4v) is 6.78. The molecule has 1 unspecified atom stereocenters. The van der Waals surface area contributed by atoms with Gasteiger partial charge in [-0.15, -0.1) is 13.2 Å². The van der Waals surface area contributed by atoms with Crippen molar-refractivity contribution in [1.29, 1.82) is 0 Å². The lowest BCUT2D eigenvalue weighted by atomic mass is 9.84. The number of halogens is 3. The Bertz CT molecular complexity index is 1770. The molecule has 1 aromatic heterocycles. The molecule has 2 fully saturated rings. The molecule has 4 rings (SSSR count). The molecule has 2 heterocycles. The monoisotopic (exact) mass is 831 g/mol. The van der Waals surface area contributed by atoms with Crippen molar-refractivity contribution in [3.8, 4) is 11.5 Å². The molecule has 1 saturated heterocycles. The molecule has 18 heteroatoms. The summed E-state index contributed by atoms with van der Waals surface area (Å²) in [6.45, 7) is 10.7. The van der Waals surface area contributed by atoms with Gasteiger partial charge >= 0.3 is 6.36 Å². The highest BCUT2D eigenvalue weighted by Gasteiger charge is 2.47. The Kier molecular flexibility index (Phi) is 16.2. The van der Waals surface area contributed by atoms with Crippen LogP contribution in [0.5, 0.6) is 11.5 Å². The number of carbonyl (C=O) groups is 6. The van der Waals surface area contributed by atoms with Crippen molar-refractivity contribution < 1.29 is 51.4 Å². The van der Waals surface area contributed by atoms with E-state index in [1.807, 2.05) is 13.8 Å². The summed E-state index contributed by atoms with van der Waals surface area (Å²) in [6.07, 6.45) is 3.48. The lowest BCUT2D eigenvalue weighted by Crippen LogP contribution is -2.61. The van der Waals surface area contributed by atoms with Crippen LogP contribution in [-0.4, -0.2) is 99.4 Å². The molecule has 1 saturated carbocycles. The predicted molar refractivity (Wildman–Crippen MR) is 209 cm³/mol. The van der Waals surface area contributed by atoms with E-state index in [4.69, 9.17) is 4.74 Å². The molecule has 0 radical (unpaired) electrons. The molecule has 5 amide bonds. The van der Waals surface area contributed by atoms with Crippen LogP contribution in [0.4, 0.5) is 13.2 Å². The Morgan fingerprint density at radius 3 is 2.15 bits per heavy atom. The number of Topliss-reactive ketones (excluding diaryl/α,β-unsaturated/α-hetero) is 1. The quantitative estimate of drug-likeness (QED) is 0.110. The van der Waals surface area contributed by atoms with Crippen LogP contribution in [0.25, 0.3) is 0 Å². The van der Waals surface area contributed by atoms with Gasteiger partial charge in [-0.1, -0.05) is 67.2 Å². The highest BCUT2D eigenvalue weighted by Crippen LogP contribution is 2.31. The van der Waals surface area contributed by atoms with Crippen molar-refractivity contribution in [2.75, 3.05) is 6.54 Å². The van der Waals surface area contributed by atoms with Gasteiger partial charge < -0.3 is 35.6 Å². The van der Waals surface area contributed by atoms with Crippen LogP contribution < -0.4 is 30.7 Å². The maximum atomic E-state index is 14.8. The zero-order valence-electron chi connectivity index (χ0n) is 34.4. The van der Waals surface area contributed by atoms with E-state index in [2.05, 4.69) is 36.0 Å². The molecule has 6 atom stereocenters. The largest absolute Gasteiger partial charge is 0.573 e. The molecule has 0 bridgehead atoms. The Morgan fingerprint density at radius 2 is 1.58 bits per heavy atom. The number of nitrogens with zero attached hydrogens (tertiary/aromatic N) is 3. The molecule has 0 spiro atoms. The van der Waals surface area contributed by atoms with Crippen molar-refractivity contribution in [3.63, 3.8) is 0 Å². The predicted octanol–water partition coefficient (Wildman–Crippen LogP) is 4.40. The van der Waals surface area contributed by atoms with Gasteiger partial charge in [-0.3, -0.25) is 33.8 Å². The number of alkyl halides is 3. The first-order chi connectivity index (χ1) is 27.8. The van der Waals surface area contributed by atoms with Gasteiger partial charge in [0.25, 0.3) is 11.8 Å². The first-order valence-electron chi connectivity index (χ1n) is 20.2. The molecule has 1 aromatic carbocycles. The second-order valence-electron chi connectivity index (χ2n) is 16.3. The summed E-state index contributed by atoms with van der Waals surface area (Å²) in [5.41, 5.74) is -0.952. The number of hydrogen-bond donors (Lipinski definition) is 4. The number of unbranched alkanes of at least 4 members (excludes halogenated alkanes) is 2. The van der Waals surface area contributed by atoms with Crippen molar-refractivity contribution in [2.45, 2.75) is 142 Å². The third-order valence-corrected chi connectivity index (χ3v) is 10.2. The number of likely N-dealkylation sites (tertiary alicyclic amines) is 1. The molecule has 2 aliphatic rings. The van der Waals surface area contributed by atoms with Crippen molar-refractivity contribution in [2.24, 2.45) is 11.3 Å². The summed E-state index contributed by atoms with van der Waals surface area (Å²) in [6, 6.07) is -0.230. The molecule has 1 aliphatic heterocycles. The van der Waals surface area contributed by atoms with Crippen molar-refractivity contribution >= 4 is 35.3 Å². The molecule has 1 aliphatic carbocycles. The number of ketones is 1. The zero-order valence-corrected chi connectivity index (χ0v) is 34.4. The van der Waals surface area contributed by atoms with Crippen molar-refractivity contribution in [3.05, 3.63) is 48.5 Å². The Labute approximate surface area is 342 Å². The molecule has 15 nitrogen and oxygen atoms in total. The Balaban J connectivity index is 1.62. The minimum atomic E-state index is -4.90. The van der Waals surface area contributed by atoms with Gasteiger partial charge in [0.1, 0.15) is 41.4 Å². The minimum absolute atomic E-state index is 0.00105. The summed E-state index contributed by atoms with van der Waals surface area (Å²) in [7, 11) is 0. The second-order valence-corrected chi connectivity index (χ2v) is 16.3. The van der Waals surface area contributed by atoms with E-state index >= 15 is 0 Å². The number of rotatable bonds is 20. The maximum absolute atomic E-state index is 14.8. The highest BCUT2D eigenvalue weighted by atomic mass is 19.4. The Morgan fingerprint density at radius 1 is 0.898 bits per heavy atom. The fraction of sp³-hybridized carbons (Fsp3) is 0.610. The first kappa shape index (κ1) is 46.4. The average Bonchev–Trinajstić information content (AvgIpc) is 3.90. The SMILES string of the molecule is CCCCCC(C)[C@H](NC(=O)c1cnccn1)C(=O)N[C@H](C(=O)N1C[C@H](Oc2ccc(OC(F)(F)F)cc2)C[C@H]1C(=O)N[C@@H](CCC)C(=O)C(=O)NC1CC1)C(C)(C)C. The normalized spacial score (nSPS) is 18.8. The molecule has 4 N–H and O–H groups in total. The topological polar surface area (TPSA) is 198 Å². The van der Waals surface area contributed by atoms with E-state index in [1.165, 1.54) is 35.6 Å². The summed E-state index contributed by atoms with van der Waals surface area (Å²) in [5, 5.41) is 11.0. The Hall–Kier alpha value is -5.29. The van der Waals surface area contributed by atoms with E-state index in [-0.39, 0.29) is 42.8 Å². The molecule has 2 aromatic rings. The van der Waals surface area contributed by atoms with Crippen LogP contribution in [0, 0.1) is 11.3 Å². The number of ether oxygens (including phenoxy) is 2. The van der Waals surface area contributed by atoms with Crippen LogP contribution in [-0.2, 0) is 24.0 Å². The lowest BCUT2D eigenvalue weighted by Gasteiger charge is -2.37. The number of nitrogens with one attached hydrogen (secondary N) is 4. The van der Waals surface area contributed by atoms with Crippen LogP contribution >= 0.6 is 0 Å². The summed E-state index contributed by atoms with van der Waals surface area (Å²) in [5.74, 6) is -5.00. The summed E-state index contributed by atoms with van der Waals surface area (Å²) < 4.78 is 48.4. The third kappa shape index (κ3) is 13.9. The van der Waals surface area contributed by atoms with Crippen LogP contribution in [0.1, 0.15) is 110 Å². The van der Waals surface area contributed by atoms with Gasteiger partial charge in [0.2, 0.25) is 23.5 Å². The zero-order chi connectivity index (χ0) is 43.5. The molecular formula is C41H56F3N7O8. The lowest BCUT2D eigenvalue weighted by molar-refractivity contribution is -0.274. The number of carbonyl (C=O) groups excluding carboxylic acids is 6. The van der Waals surface area contributed by atoms with E-state index in [9.17, 15) is 41.9 Å². The molecule has 324 valence electrons.